The van der Waals surface area contributed by atoms with Crippen LogP contribution in [0.2, 0.25) is 0 Å². The number of halogens is 1. The van der Waals surface area contributed by atoms with E-state index in [1.165, 1.54) is 27.6 Å². The molecule has 3 heterocycles. The zero-order valence-electron chi connectivity index (χ0n) is 17.8. The molecule has 9 heteroatoms. The fourth-order valence-electron chi connectivity index (χ4n) is 3.95. The smallest absolute Gasteiger partial charge is 0.414 e. The number of rotatable bonds is 6. The fraction of sp³-hybridized carbons (Fsp3) is 0.455. The molecule has 2 aliphatic heterocycles. The number of carbonyl (C=O) groups excluding carboxylic acids is 2. The highest BCUT2D eigenvalue weighted by atomic mass is 32.1. The van der Waals surface area contributed by atoms with E-state index in [9.17, 15) is 14.0 Å². The van der Waals surface area contributed by atoms with E-state index < -0.39 is 12.2 Å². The number of thiophene rings is 1. The van der Waals surface area contributed by atoms with Gasteiger partial charge in [-0.3, -0.25) is 14.6 Å². The summed E-state index contributed by atoms with van der Waals surface area (Å²) in [5.41, 5.74) is 1.01. The molecule has 2 amide bonds. The third-order valence-electron chi connectivity index (χ3n) is 5.58. The summed E-state index contributed by atoms with van der Waals surface area (Å²) in [5, 5.41) is 2.64. The van der Waals surface area contributed by atoms with Gasteiger partial charge in [-0.1, -0.05) is 0 Å². The molecular weight excluding hydrogens is 419 g/mol. The van der Waals surface area contributed by atoms with E-state index in [1.54, 1.807) is 12.1 Å². The number of amides is 2. The molecule has 2 saturated heterocycles. The number of aryl methyl sites for hydroxylation is 1. The van der Waals surface area contributed by atoms with Crippen LogP contribution in [-0.2, 0) is 16.1 Å². The van der Waals surface area contributed by atoms with Crippen LogP contribution in [0, 0.1) is 12.7 Å². The highest BCUT2D eigenvalue weighted by Crippen LogP contribution is 2.29. The summed E-state index contributed by atoms with van der Waals surface area (Å²) in [7, 11) is 0. The summed E-state index contributed by atoms with van der Waals surface area (Å²) < 4.78 is 20.2. The van der Waals surface area contributed by atoms with Crippen molar-refractivity contribution in [3.63, 3.8) is 0 Å². The van der Waals surface area contributed by atoms with E-state index in [2.05, 4.69) is 34.2 Å². The first-order valence-electron chi connectivity index (χ1n) is 10.4. The Morgan fingerprint density at radius 3 is 2.65 bits per heavy atom. The molecule has 2 aliphatic rings. The zero-order chi connectivity index (χ0) is 22.0. The molecule has 0 bridgehead atoms. The average Bonchev–Trinajstić information content (AvgIpc) is 3.32. The molecule has 1 aromatic heterocycles. The van der Waals surface area contributed by atoms with Gasteiger partial charge in [0.2, 0.25) is 5.91 Å². The molecule has 4 rings (SSSR count). The zero-order valence-corrected chi connectivity index (χ0v) is 18.6. The van der Waals surface area contributed by atoms with E-state index in [0.29, 0.717) is 11.4 Å². The quantitative estimate of drug-likeness (QED) is 0.739. The predicted molar refractivity (Wildman–Crippen MR) is 119 cm³/mol. The molecule has 2 fully saturated rings. The average molecular weight is 447 g/mol. The Morgan fingerprint density at radius 2 is 2.00 bits per heavy atom. The maximum atomic E-state index is 14.9. The van der Waals surface area contributed by atoms with Crippen molar-refractivity contribution in [3.8, 4) is 0 Å². The number of piperazine rings is 1. The maximum absolute atomic E-state index is 14.9. The highest BCUT2D eigenvalue weighted by Gasteiger charge is 2.33. The first-order valence-corrected chi connectivity index (χ1v) is 11.3. The van der Waals surface area contributed by atoms with E-state index in [0.717, 1.165) is 32.7 Å². The summed E-state index contributed by atoms with van der Waals surface area (Å²) in [6, 6.07) is 9.19. The Kier molecular flexibility index (Phi) is 6.43. The van der Waals surface area contributed by atoms with Crippen LogP contribution >= 0.6 is 11.3 Å². The third kappa shape index (κ3) is 5.16. The van der Waals surface area contributed by atoms with Crippen molar-refractivity contribution in [1.29, 1.82) is 0 Å². The molecule has 0 saturated carbocycles. The standard InChI is InChI=1S/C22H27FN4O3S/c1-15-3-5-19(31-15)14-25-7-9-26(10-8-25)21-6-4-17(11-20(21)23)27-13-18(30-22(27)29)12-24-16(2)28/h3-6,11,18H,7-10,12-14H2,1-2H3,(H,24,28). The maximum Gasteiger partial charge on any atom is 0.414 e. The number of hydrogen-bond acceptors (Lipinski definition) is 6. The molecule has 166 valence electrons. The van der Waals surface area contributed by atoms with Crippen molar-refractivity contribution in [2.24, 2.45) is 0 Å². The van der Waals surface area contributed by atoms with Gasteiger partial charge in [0.15, 0.2) is 0 Å². The van der Waals surface area contributed by atoms with Gasteiger partial charge >= 0.3 is 6.09 Å². The predicted octanol–water partition coefficient (Wildman–Crippen LogP) is 2.98. The molecule has 1 atom stereocenters. The van der Waals surface area contributed by atoms with Gasteiger partial charge in [0, 0.05) is 49.4 Å². The van der Waals surface area contributed by atoms with E-state index in [1.807, 2.05) is 11.3 Å². The first-order chi connectivity index (χ1) is 14.9. The van der Waals surface area contributed by atoms with Crippen LogP contribution in [0.25, 0.3) is 0 Å². The second-order valence-electron chi connectivity index (χ2n) is 7.96. The molecule has 31 heavy (non-hydrogen) atoms. The van der Waals surface area contributed by atoms with Crippen molar-refractivity contribution in [3.05, 3.63) is 45.9 Å². The lowest BCUT2D eigenvalue weighted by molar-refractivity contribution is -0.119. The summed E-state index contributed by atoms with van der Waals surface area (Å²) >= 11 is 1.82. The monoisotopic (exact) mass is 446 g/mol. The van der Waals surface area contributed by atoms with E-state index in [4.69, 9.17) is 4.74 Å². The molecule has 1 unspecified atom stereocenters. The topological polar surface area (TPSA) is 65.1 Å². The molecule has 1 aromatic carbocycles. The summed E-state index contributed by atoms with van der Waals surface area (Å²) in [6.45, 7) is 8.24. The Hall–Kier alpha value is -2.65. The van der Waals surface area contributed by atoms with Gasteiger partial charge < -0.3 is 15.0 Å². The molecule has 2 aromatic rings. The minimum absolute atomic E-state index is 0.185. The van der Waals surface area contributed by atoms with Crippen molar-refractivity contribution >= 4 is 34.7 Å². The van der Waals surface area contributed by atoms with Crippen LogP contribution in [-0.4, -0.2) is 62.3 Å². The van der Waals surface area contributed by atoms with Crippen LogP contribution in [0.3, 0.4) is 0 Å². The Bertz CT molecular complexity index is 958. The molecule has 0 radical (unpaired) electrons. The second kappa shape index (κ2) is 9.23. The lowest BCUT2D eigenvalue weighted by Gasteiger charge is -2.36. The normalized spacial score (nSPS) is 19.6. The molecule has 1 N–H and O–H groups in total. The number of nitrogens with one attached hydrogen (secondary N) is 1. The fourth-order valence-corrected chi connectivity index (χ4v) is 4.89. The molecular formula is C22H27FN4O3S. The summed E-state index contributed by atoms with van der Waals surface area (Å²) in [5.74, 6) is -0.534. The minimum Gasteiger partial charge on any atom is -0.442 e. The largest absolute Gasteiger partial charge is 0.442 e. The summed E-state index contributed by atoms with van der Waals surface area (Å²) in [6.07, 6.45) is -0.973. The van der Waals surface area contributed by atoms with Crippen LogP contribution in [0.15, 0.2) is 30.3 Å². The summed E-state index contributed by atoms with van der Waals surface area (Å²) in [4.78, 5) is 31.7. The minimum atomic E-state index is -0.528. The van der Waals surface area contributed by atoms with Crippen molar-refractivity contribution in [1.82, 2.24) is 10.2 Å². The van der Waals surface area contributed by atoms with Crippen molar-refractivity contribution in [2.45, 2.75) is 26.5 Å². The lowest BCUT2D eigenvalue weighted by Crippen LogP contribution is -2.46. The number of nitrogens with zero attached hydrogens (tertiary/aromatic N) is 3. The van der Waals surface area contributed by atoms with Crippen molar-refractivity contribution < 1.29 is 18.7 Å². The molecule has 7 nitrogen and oxygen atoms in total. The van der Waals surface area contributed by atoms with E-state index >= 15 is 0 Å². The number of hydrogen-bond donors (Lipinski definition) is 1. The van der Waals surface area contributed by atoms with E-state index in [-0.39, 0.29) is 24.8 Å². The molecule has 0 spiro atoms. The van der Waals surface area contributed by atoms with Gasteiger partial charge in [-0.15, -0.1) is 11.3 Å². The number of cyclic esters (lactones) is 1. The number of benzene rings is 1. The van der Waals surface area contributed by atoms with Gasteiger partial charge in [0.05, 0.1) is 24.5 Å². The van der Waals surface area contributed by atoms with Gasteiger partial charge in [0.1, 0.15) is 11.9 Å². The Morgan fingerprint density at radius 1 is 1.23 bits per heavy atom. The number of anilines is 2. The molecule has 0 aliphatic carbocycles. The highest BCUT2D eigenvalue weighted by molar-refractivity contribution is 7.11. The first kappa shape index (κ1) is 21.6. The van der Waals surface area contributed by atoms with Gasteiger partial charge in [-0.05, 0) is 37.3 Å². The number of ether oxygens (including phenoxy) is 1. The Balaban J connectivity index is 1.35. The second-order valence-corrected chi connectivity index (χ2v) is 9.34. The van der Waals surface area contributed by atoms with Crippen LogP contribution in [0.5, 0.6) is 0 Å². The van der Waals surface area contributed by atoms with Crippen LogP contribution < -0.4 is 15.1 Å². The van der Waals surface area contributed by atoms with Crippen molar-refractivity contribution in [2.75, 3.05) is 49.1 Å². The third-order valence-corrected chi connectivity index (χ3v) is 6.57. The number of carbonyl (C=O) groups is 2. The van der Waals surface area contributed by atoms with Gasteiger partial charge in [-0.25, -0.2) is 9.18 Å². The van der Waals surface area contributed by atoms with Gasteiger partial charge in [0.25, 0.3) is 0 Å². The SMILES string of the molecule is CC(=O)NCC1CN(c2ccc(N3CCN(Cc4ccc(C)s4)CC3)c(F)c2)C(=O)O1. The van der Waals surface area contributed by atoms with Crippen LogP contribution in [0.1, 0.15) is 16.7 Å². The Labute approximate surface area is 185 Å². The lowest BCUT2D eigenvalue weighted by atomic mass is 10.2. The van der Waals surface area contributed by atoms with Gasteiger partial charge in [-0.2, -0.15) is 0 Å². The van der Waals surface area contributed by atoms with Crippen LogP contribution in [0.4, 0.5) is 20.6 Å².